The van der Waals surface area contributed by atoms with E-state index < -0.39 is 11.9 Å². The van der Waals surface area contributed by atoms with Crippen LogP contribution in [-0.4, -0.2) is 27.2 Å². The van der Waals surface area contributed by atoms with Crippen LogP contribution in [0.1, 0.15) is 17.2 Å². The van der Waals surface area contributed by atoms with Crippen molar-refractivity contribution in [2.45, 2.75) is 13.0 Å². The van der Waals surface area contributed by atoms with Gasteiger partial charge in [0.1, 0.15) is 17.5 Å². The second-order valence-corrected chi connectivity index (χ2v) is 3.64. The Labute approximate surface area is 101 Å². The molecular weight excluding hydrogens is 220 g/mol. The molecular formula is C12H18N2O3. The van der Waals surface area contributed by atoms with Gasteiger partial charge in [-0.05, 0) is 26.1 Å². The summed E-state index contributed by atoms with van der Waals surface area (Å²) in [6, 6.07) is 2.99. The van der Waals surface area contributed by atoms with Crippen molar-refractivity contribution in [1.29, 1.82) is 0 Å². The topological polar surface area (TPSA) is 73.6 Å². The van der Waals surface area contributed by atoms with Gasteiger partial charge in [-0.15, -0.1) is 0 Å². The van der Waals surface area contributed by atoms with Gasteiger partial charge in [-0.1, -0.05) is 0 Å². The fourth-order valence-corrected chi connectivity index (χ4v) is 1.86. The molecule has 3 N–H and O–H groups in total. The Morgan fingerprint density at radius 3 is 2.41 bits per heavy atom. The predicted octanol–water partition coefficient (Wildman–Crippen LogP) is 0.758. The van der Waals surface area contributed by atoms with Crippen molar-refractivity contribution < 1.29 is 14.3 Å². The number of amides is 1. The van der Waals surface area contributed by atoms with Crippen LogP contribution in [0, 0.1) is 6.92 Å². The summed E-state index contributed by atoms with van der Waals surface area (Å²) in [5.41, 5.74) is 6.89. The molecule has 0 aromatic heterocycles. The highest BCUT2D eigenvalue weighted by atomic mass is 16.5. The maximum absolute atomic E-state index is 11.3. The summed E-state index contributed by atoms with van der Waals surface area (Å²) in [4.78, 5) is 11.3. The number of hydrogen-bond donors (Lipinski definition) is 2. The van der Waals surface area contributed by atoms with E-state index in [4.69, 9.17) is 15.2 Å². The number of carbonyl (C=O) groups is 1. The molecule has 0 saturated heterocycles. The lowest BCUT2D eigenvalue weighted by Crippen LogP contribution is -2.31. The fraction of sp³-hybridized carbons (Fsp3) is 0.417. The lowest BCUT2D eigenvalue weighted by Gasteiger charge is -2.19. The maximum Gasteiger partial charge on any atom is 0.239 e. The molecule has 17 heavy (non-hydrogen) atoms. The average molecular weight is 238 g/mol. The third-order valence-corrected chi connectivity index (χ3v) is 2.69. The number of methoxy groups -OCH3 is 2. The van der Waals surface area contributed by atoms with E-state index >= 15 is 0 Å². The average Bonchev–Trinajstić information content (AvgIpc) is 2.30. The van der Waals surface area contributed by atoms with Gasteiger partial charge in [0.15, 0.2) is 0 Å². The van der Waals surface area contributed by atoms with Gasteiger partial charge in [0.25, 0.3) is 0 Å². The largest absolute Gasteiger partial charge is 0.496 e. The molecule has 0 aliphatic heterocycles. The highest BCUT2D eigenvalue weighted by molar-refractivity contribution is 5.82. The van der Waals surface area contributed by atoms with Gasteiger partial charge in [-0.25, -0.2) is 0 Å². The summed E-state index contributed by atoms with van der Waals surface area (Å²) in [5, 5.41) is 2.86. The Kier molecular flexibility index (Phi) is 4.34. The van der Waals surface area contributed by atoms with Crippen LogP contribution in [0.15, 0.2) is 12.1 Å². The number of primary amides is 1. The number of nitrogens with one attached hydrogen (secondary N) is 1. The van der Waals surface area contributed by atoms with Crippen molar-refractivity contribution in [3.8, 4) is 11.5 Å². The van der Waals surface area contributed by atoms with E-state index in [0.717, 1.165) is 5.56 Å². The molecule has 1 atom stereocenters. The van der Waals surface area contributed by atoms with Gasteiger partial charge in [0.05, 0.1) is 14.2 Å². The van der Waals surface area contributed by atoms with E-state index in [9.17, 15) is 4.79 Å². The molecule has 94 valence electrons. The van der Waals surface area contributed by atoms with Crippen LogP contribution in [-0.2, 0) is 4.79 Å². The number of likely N-dealkylation sites (N-methyl/N-ethyl adjacent to an activating group) is 1. The summed E-state index contributed by atoms with van der Waals surface area (Å²) in [5.74, 6) is 0.878. The molecule has 0 aliphatic carbocycles. The standard InChI is InChI=1S/C12H18N2O3/c1-7-9(16-3)6-5-8(11(7)17-4)10(14-2)12(13)15/h5-6,10,14H,1-4H3,(H2,13,15). The third-order valence-electron chi connectivity index (χ3n) is 2.69. The van der Waals surface area contributed by atoms with Gasteiger partial charge in [0.2, 0.25) is 5.91 Å². The first-order valence-corrected chi connectivity index (χ1v) is 5.24. The van der Waals surface area contributed by atoms with Crippen molar-refractivity contribution in [3.63, 3.8) is 0 Å². The molecule has 0 bridgehead atoms. The van der Waals surface area contributed by atoms with Gasteiger partial charge < -0.3 is 20.5 Å². The number of rotatable bonds is 5. The molecule has 0 aliphatic rings. The summed E-state index contributed by atoms with van der Waals surface area (Å²) in [6.07, 6.45) is 0. The quantitative estimate of drug-likeness (QED) is 0.794. The zero-order valence-corrected chi connectivity index (χ0v) is 10.5. The molecule has 0 saturated carbocycles. The first-order chi connectivity index (χ1) is 8.06. The van der Waals surface area contributed by atoms with Crippen LogP contribution in [0.5, 0.6) is 11.5 Å². The molecule has 1 rings (SSSR count). The van der Waals surface area contributed by atoms with Crippen LogP contribution in [0.3, 0.4) is 0 Å². The Morgan fingerprint density at radius 1 is 1.35 bits per heavy atom. The van der Waals surface area contributed by atoms with Crippen LogP contribution in [0.25, 0.3) is 0 Å². The number of carbonyl (C=O) groups excluding carboxylic acids is 1. The van der Waals surface area contributed by atoms with Crippen LogP contribution in [0.2, 0.25) is 0 Å². The highest BCUT2D eigenvalue weighted by Gasteiger charge is 2.22. The molecule has 1 amide bonds. The molecule has 0 radical (unpaired) electrons. The van der Waals surface area contributed by atoms with Gasteiger partial charge in [0, 0.05) is 11.1 Å². The Bertz CT molecular complexity index is 418. The molecule has 5 nitrogen and oxygen atoms in total. The van der Waals surface area contributed by atoms with Crippen LogP contribution in [0.4, 0.5) is 0 Å². The smallest absolute Gasteiger partial charge is 0.239 e. The van der Waals surface area contributed by atoms with Crippen molar-refractivity contribution in [2.24, 2.45) is 5.73 Å². The van der Waals surface area contributed by atoms with Gasteiger partial charge in [-0.2, -0.15) is 0 Å². The Hall–Kier alpha value is -1.75. The lowest BCUT2D eigenvalue weighted by atomic mass is 10.0. The monoisotopic (exact) mass is 238 g/mol. The summed E-state index contributed by atoms with van der Waals surface area (Å²) >= 11 is 0. The van der Waals surface area contributed by atoms with Crippen molar-refractivity contribution in [1.82, 2.24) is 5.32 Å². The fourth-order valence-electron chi connectivity index (χ4n) is 1.86. The first-order valence-electron chi connectivity index (χ1n) is 5.24. The van der Waals surface area contributed by atoms with Crippen molar-refractivity contribution in [2.75, 3.05) is 21.3 Å². The molecule has 0 fully saturated rings. The SMILES string of the molecule is CNC(C(N)=O)c1ccc(OC)c(C)c1OC. The van der Waals surface area contributed by atoms with E-state index in [1.54, 1.807) is 33.4 Å². The second kappa shape index (κ2) is 5.54. The van der Waals surface area contributed by atoms with E-state index in [1.165, 1.54) is 0 Å². The molecule has 0 heterocycles. The van der Waals surface area contributed by atoms with E-state index in [-0.39, 0.29) is 0 Å². The van der Waals surface area contributed by atoms with E-state index in [2.05, 4.69) is 5.32 Å². The minimum atomic E-state index is -0.574. The van der Waals surface area contributed by atoms with Crippen molar-refractivity contribution in [3.05, 3.63) is 23.3 Å². The summed E-state index contributed by atoms with van der Waals surface area (Å²) in [6.45, 7) is 1.87. The highest BCUT2D eigenvalue weighted by Crippen LogP contribution is 2.34. The molecule has 1 aromatic rings. The summed E-state index contributed by atoms with van der Waals surface area (Å²) < 4.78 is 10.5. The first kappa shape index (κ1) is 13.3. The number of hydrogen-bond acceptors (Lipinski definition) is 4. The number of nitrogens with two attached hydrogens (primary N) is 1. The van der Waals surface area contributed by atoms with Crippen LogP contribution < -0.4 is 20.5 Å². The normalized spacial score (nSPS) is 12.0. The Morgan fingerprint density at radius 2 is 2.00 bits per heavy atom. The van der Waals surface area contributed by atoms with Gasteiger partial charge in [-0.3, -0.25) is 4.79 Å². The second-order valence-electron chi connectivity index (χ2n) is 3.64. The molecule has 1 unspecified atom stereocenters. The third kappa shape index (κ3) is 2.50. The predicted molar refractivity (Wildman–Crippen MR) is 65.3 cm³/mol. The molecule has 0 spiro atoms. The van der Waals surface area contributed by atoms with E-state index in [0.29, 0.717) is 17.1 Å². The minimum Gasteiger partial charge on any atom is -0.496 e. The molecule has 5 heteroatoms. The number of benzene rings is 1. The Balaban J connectivity index is 3.33. The van der Waals surface area contributed by atoms with Crippen molar-refractivity contribution >= 4 is 5.91 Å². The lowest BCUT2D eigenvalue weighted by molar-refractivity contribution is -0.120. The maximum atomic E-state index is 11.3. The summed E-state index contributed by atoms with van der Waals surface area (Å²) in [7, 11) is 4.82. The van der Waals surface area contributed by atoms with Gasteiger partial charge >= 0.3 is 0 Å². The molecule has 1 aromatic carbocycles. The number of ether oxygens (including phenoxy) is 2. The minimum absolute atomic E-state index is 0.449. The zero-order chi connectivity index (χ0) is 13.0. The van der Waals surface area contributed by atoms with E-state index in [1.807, 2.05) is 6.92 Å². The van der Waals surface area contributed by atoms with Crippen LogP contribution >= 0.6 is 0 Å². The zero-order valence-electron chi connectivity index (χ0n) is 10.5.